The fraction of sp³-hybridized carbons (Fsp3) is 0.348. The molecule has 2 aromatic carbocycles. The molecule has 0 aliphatic heterocycles. The lowest BCUT2D eigenvalue weighted by molar-refractivity contribution is -0.115. The molecule has 10 heteroatoms. The van der Waals surface area contributed by atoms with Crippen LogP contribution in [0.15, 0.2) is 47.6 Å². The normalized spacial score (nSPS) is 12.9. The molecule has 0 spiro atoms. The minimum absolute atomic E-state index is 0.0187. The minimum Gasteiger partial charge on any atom is -0.483 e. The molecule has 3 rings (SSSR count). The Bertz CT molecular complexity index is 1110. The van der Waals surface area contributed by atoms with Crippen molar-refractivity contribution in [1.29, 1.82) is 0 Å². The monoisotopic (exact) mass is 492 g/mol. The number of rotatable bonds is 10. The molecule has 1 amide bonds. The summed E-state index contributed by atoms with van der Waals surface area (Å²) in [5.74, 6) is -0.0120. The van der Waals surface area contributed by atoms with Crippen molar-refractivity contribution in [2.24, 2.45) is 0 Å². The first kappa shape index (κ1) is 25.0. The van der Waals surface area contributed by atoms with E-state index < -0.39 is 11.1 Å². The molecule has 1 N–H and O–H groups in total. The standard InChI is InChI=1S/C23H26ClFN4O3S/c1-14(12-31-4)29-21(13-32-20-11-6-5-9-18(20)25)27-28-23(29)33-16(3)22(30)26-19-10-7-8-17(24)15(19)2/h5-11,14,16H,12-13H2,1-4H3,(H,26,30)/t14-,16+/m1/s1. The number of halogens is 2. The molecule has 2 atom stereocenters. The highest BCUT2D eigenvalue weighted by Gasteiger charge is 2.24. The zero-order valence-corrected chi connectivity index (χ0v) is 20.4. The van der Waals surface area contributed by atoms with E-state index in [0.717, 1.165) is 5.56 Å². The van der Waals surface area contributed by atoms with E-state index in [4.69, 9.17) is 21.1 Å². The third-order valence-corrected chi connectivity index (χ3v) is 6.42. The number of hydrogen-bond acceptors (Lipinski definition) is 6. The number of para-hydroxylation sites is 1. The fourth-order valence-electron chi connectivity index (χ4n) is 3.14. The summed E-state index contributed by atoms with van der Waals surface area (Å²) in [5, 5.41) is 12.1. The third kappa shape index (κ3) is 6.25. The maximum Gasteiger partial charge on any atom is 0.237 e. The molecule has 0 saturated carbocycles. The average Bonchev–Trinajstić information content (AvgIpc) is 3.18. The van der Waals surface area contributed by atoms with E-state index in [0.29, 0.717) is 28.3 Å². The van der Waals surface area contributed by atoms with Gasteiger partial charge in [-0.3, -0.25) is 9.36 Å². The van der Waals surface area contributed by atoms with Gasteiger partial charge in [0, 0.05) is 17.8 Å². The smallest absolute Gasteiger partial charge is 0.237 e. The number of anilines is 1. The van der Waals surface area contributed by atoms with Crippen molar-refractivity contribution in [1.82, 2.24) is 14.8 Å². The van der Waals surface area contributed by atoms with Crippen LogP contribution in [0.25, 0.3) is 0 Å². The van der Waals surface area contributed by atoms with Gasteiger partial charge in [-0.05, 0) is 50.6 Å². The Balaban J connectivity index is 1.76. The number of carbonyl (C=O) groups is 1. The lowest BCUT2D eigenvalue weighted by Gasteiger charge is -2.19. The van der Waals surface area contributed by atoms with Gasteiger partial charge in [-0.1, -0.05) is 41.6 Å². The van der Waals surface area contributed by atoms with Crippen molar-refractivity contribution < 1.29 is 18.7 Å². The van der Waals surface area contributed by atoms with E-state index in [1.165, 1.54) is 17.8 Å². The van der Waals surface area contributed by atoms with Crippen molar-refractivity contribution >= 4 is 35.0 Å². The lowest BCUT2D eigenvalue weighted by atomic mass is 10.2. The summed E-state index contributed by atoms with van der Waals surface area (Å²) in [6, 6.07) is 11.4. The van der Waals surface area contributed by atoms with Crippen LogP contribution in [0, 0.1) is 12.7 Å². The number of carbonyl (C=O) groups excluding carboxylic acids is 1. The number of methoxy groups -OCH3 is 1. The molecule has 0 fully saturated rings. The molecule has 0 aliphatic carbocycles. The Labute approximate surface area is 201 Å². The third-order valence-electron chi connectivity index (χ3n) is 4.95. The molecule has 7 nitrogen and oxygen atoms in total. The number of nitrogens with zero attached hydrogens (tertiary/aromatic N) is 3. The summed E-state index contributed by atoms with van der Waals surface area (Å²) in [5.41, 5.74) is 1.46. The van der Waals surface area contributed by atoms with Crippen LogP contribution in [0.5, 0.6) is 5.75 Å². The van der Waals surface area contributed by atoms with Crippen molar-refractivity contribution in [3.8, 4) is 5.75 Å². The Hall–Kier alpha value is -2.62. The molecule has 0 aliphatic rings. The number of thioether (sulfide) groups is 1. The predicted molar refractivity (Wildman–Crippen MR) is 127 cm³/mol. The van der Waals surface area contributed by atoms with Gasteiger partial charge in [0.1, 0.15) is 6.61 Å². The first-order chi connectivity index (χ1) is 15.8. The van der Waals surface area contributed by atoms with Gasteiger partial charge >= 0.3 is 0 Å². The van der Waals surface area contributed by atoms with Gasteiger partial charge in [0.2, 0.25) is 5.91 Å². The largest absolute Gasteiger partial charge is 0.483 e. The maximum absolute atomic E-state index is 13.9. The van der Waals surface area contributed by atoms with E-state index in [1.54, 1.807) is 50.4 Å². The second-order valence-electron chi connectivity index (χ2n) is 7.45. The summed E-state index contributed by atoms with van der Waals surface area (Å²) in [4.78, 5) is 12.8. The SMILES string of the molecule is COC[C@@H](C)n1c(COc2ccccc2F)nnc1S[C@@H](C)C(=O)Nc1cccc(Cl)c1C. The van der Waals surface area contributed by atoms with Gasteiger partial charge in [-0.15, -0.1) is 10.2 Å². The maximum atomic E-state index is 13.9. The summed E-state index contributed by atoms with van der Waals surface area (Å²) in [7, 11) is 1.60. The number of ether oxygens (including phenoxy) is 2. The molecule has 1 aromatic heterocycles. The average molecular weight is 493 g/mol. The van der Waals surface area contributed by atoms with Gasteiger partial charge in [0.05, 0.1) is 17.9 Å². The van der Waals surface area contributed by atoms with Gasteiger partial charge in [0.15, 0.2) is 22.5 Å². The molecule has 0 saturated heterocycles. The van der Waals surface area contributed by atoms with Gasteiger partial charge < -0.3 is 14.8 Å². The zero-order valence-electron chi connectivity index (χ0n) is 18.8. The van der Waals surface area contributed by atoms with Crippen LogP contribution in [-0.4, -0.2) is 39.6 Å². The summed E-state index contributed by atoms with van der Waals surface area (Å²) < 4.78 is 26.7. The molecule has 0 radical (unpaired) electrons. The van der Waals surface area contributed by atoms with Crippen molar-refractivity contribution in [2.45, 2.75) is 43.8 Å². The number of amides is 1. The van der Waals surface area contributed by atoms with Crippen molar-refractivity contribution in [3.05, 3.63) is 64.7 Å². The second kappa shape index (κ2) is 11.5. The van der Waals surface area contributed by atoms with Crippen LogP contribution >= 0.6 is 23.4 Å². The lowest BCUT2D eigenvalue weighted by Crippen LogP contribution is -2.24. The molecule has 33 heavy (non-hydrogen) atoms. The first-order valence-corrected chi connectivity index (χ1v) is 11.6. The summed E-state index contributed by atoms with van der Waals surface area (Å²) in [6.07, 6.45) is 0. The Kier molecular flexibility index (Phi) is 8.71. The molecular weight excluding hydrogens is 467 g/mol. The minimum atomic E-state index is -0.471. The van der Waals surface area contributed by atoms with Crippen LogP contribution in [0.3, 0.4) is 0 Å². The van der Waals surface area contributed by atoms with E-state index >= 15 is 0 Å². The van der Waals surface area contributed by atoms with E-state index in [2.05, 4.69) is 15.5 Å². The zero-order chi connectivity index (χ0) is 24.0. The molecule has 1 heterocycles. The number of aromatic nitrogens is 3. The van der Waals surface area contributed by atoms with Crippen LogP contribution < -0.4 is 10.1 Å². The van der Waals surface area contributed by atoms with Gasteiger partial charge in [-0.25, -0.2) is 4.39 Å². The van der Waals surface area contributed by atoms with Crippen LogP contribution in [-0.2, 0) is 16.1 Å². The van der Waals surface area contributed by atoms with E-state index in [9.17, 15) is 9.18 Å². The van der Waals surface area contributed by atoms with Gasteiger partial charge in [0.25, 0.3) is 0 Å². The molecule has 3 aromatic rings. The molecule has 176 valence electrons. The van der Waals surface area contributed by atoms with Crippen molar-refractivity contribution in [3.63, 3.8) is 0 Å². The molecular formula is C23H26ClFN4O3S. The Morgan fingerprint density at radius 1 is 1.21 bits per heavy atom. The number of benzene rings is 2. The predicted octanol–water partition coefficient (Wildman–Crippen LogP) is 5.28. The second-order valence-corrected chi connectivity index (χ2v) is 9.17. The quantitative estimate of drug-likeness (QED) is 0.388. The van der Waals surface area contributed by atoms with Crippen LogP contribution in [0.4, 0.5) is 10.1 Å². The fourth-order valence-corrected chi connectivity index (χ4v) is 4.28. The molecule has 0 bridgehead atoms. The summed E-state index contributed by atoms with van der Waals surface area (Å²) in [6.45, 7) is 6.01. The highest BCUT2D eigenvalue weighted by atomic mass is 35.5. The van der Waals surface area contributed by atoms with Crippen LogP contribution in [0.1, 0.15) is 31.3 Å². The van der Waals surface area contributed by atoms with Gasteiger partial charge in [-0.2, -0.15) is 0 Å². The van der Waals surface area contributed by atoms with E-state index in [-0.39, 0.29) is 24.3 Å². The molecule has 0 unspecified atom stereocenters. The van der Waals surface area contributed by atoms with E-state index in [1.807, 2.05) is 18.4 Å². The number of nitrogens with one attached hydrogen (secondary N) is 1. The number of hydrogen-bond donors (Lipinski definition) is 1. The van der Waals surface area contributed by atoms with Crippen LogP contribution in [0.2, 0.25) is 5.02 Å². The van der Waals surface area contributed by atoms with Crippen molar-refractivity contribution in [2.75, 3.05) is 19.0 Å². The first-order valence-electron chi connectivity index (χ1n) is 10.3. The Morgan fingerprint density at radius 3 is 2.70 bits per heavy atom. The Morgan fingerprint density at radius 2 is 1.97 bits per heavy atom. The highest BCUT2D eigenvalue weighted by molar-refractivity contribution is 8.00. The topological polar surface area (TPSA) is 78.3 Å². The summed E-state index contributed by atoms with van der Waals surface area (Å²) >= 11 is 7.42. The highest BCUT2D eigenvalue weighted by Crippen LogP contribution is 2.29.